The maximum absolute atomic E-state index is 10.8. The fourth-order valence-electron chi connectivity index (χ4n) is 5.36. The molecule has 0 amide bonds. The summed E-state index contributed by atoms with van der Waals surface area (Å²) in [5, 5.41) is 10.8. The summed E-state index contributed by atoms with van der Waals surface area (Å²) in [6.07, 6.45) is 4.59. The van der Waals surface area contributed by atoms with Gasteiger partial charge >= 0.3 is 0 Å². The number of fused-ring (bicyclic) bond motifs is 2. The average Bonchev–Trinajstić information content (AvgIpc) is 3.13. The van der Waals surface area contributed by atoms with Crippen molar-refractivity contribution >= 4 is 11.4 Å². The van der Waals surface area contributed by atoms with Gasteiger partial charge in [0.1, 0.15) is 0 Å². The normalized spacial score (nSPS) is 27.2. The highest BCUT2D eigenvalue weighted by atomic mass is 16.6. The summed E-state index contributed by atoms with van der Waals surface area (Å²) < 4.78 is 6.31. The van der Waals surface area contributed by atoms with Crippen LogP contribution in [0.25, 0.3) is 0 Å². The molecule has 1 saturated heterocycles. The van der Waals surface area contributed by atoms with Crippen molar-refractivity contribution in [2.45, 2.75) is 43.9 Å². The highest BCUT2D eigenvalue weighted by molar-refractivity contribution is 5.51. The summed E-state index contributed by atoms with van der Waals surface area (Å²) >= 11 is 0. The van der Waals surface area contributed by atoms with Crippen molar-refractivity contribution in [2.75, 3.05) is 31.1 Å². The highest BCUT2D eigenvalue weighted by Crippen LogP contribution is 2.47. The molecule has 2 fully saturated rings. The van der Waals surface area contributed by atoms with Gasteiger partial charge in [0.2, 0.25) is 0 Å². The van der Waals surface area contributed by atoms with E-state index in [1.807, 2.05) is 12.1 Å². The molecule has 29 heavy (non-hydrogen) atoms. The summed E-state index contributed by atoms with van der Waals surface area (Å²) in [6.45, 7) is 4.80. The molecule has 2 heterocycles. The van der Waals surface area contributed by atoms with Crippen molar-refractivity contribution in [3.8, 4) is 0 Å². The average molecular weight is 393 g/mol. The maximum Gasteiger partial charge on any atom is 0.269 e. The van der Waals surface area contributed by atoms with Crippen molar-refractivity contribution in [2.24, 2.45) is 0 Å². The fraction of sp³-hybridized carbons (Fsp3) is 0.478. The van der Waals surface area contributed by atoms with E-state index < -0.39 is 0 Å². The van der Waals surface area contributed by atoms with Crippen molar-refractivity contribution < 1.29 is 9.66 Å². The Balaban J connectivity index is 1.17. The third-order valence-corrected chi connectivity index (χ3v) is 7.03. The molecule has 5 rings (SSSR count). The number of rotatable bonds is 3. The Morgan fingerprint density at radius 1 is 0.966 bits per heavy atom. The molecular formula is C23H27N3O3. The number of benzene rings is 2. The summed E-state index contributed by atoms with van der Waals surface area (Å²) in [5.41, 5.74) is 3.96. The van der Waals surface area contributed by atoms with Crippen LogP contribution in [0.1, 0.15) is 36.8 Å². The minimum Gasteiger partial charge on any atom is -0.369 e. The van der Waals surface area contributed by atoms with Gasteiger partial charge in [-0.15, -0.1) is 0 Å². The lowest BCUT2D eigenvalue weighted by molar-refractivity contribution is -0.384. The molecule has 1 aliphatic carbocycles. The van der Waals surface area contributed by atoms with Gasteiger partial charge in [-0.2, -0.15) is 0 Å². The van der Waals surface area contributed by atoms with Crippen molar-refractivity contribution in [3.63, 3.8) is 0 Å². The van der Waals surface area contributed by atoms with Crippen molar-refractivity contribution in [3.05, 3.63) is 69.8 Å². The number of hydrogen-bond donors (Lipinski definition) is 0. The molecule has 0 N–H and O–H groups in total. The molecule has 152 valence electrons. The molecule has 3 aliphatic rings. The summed E-state index contributed by atoms with van der Waals surface area (Å²) in [5.74, 6) is 0. The van der Waals surface area contributed by atoms with Crippen LogP contribution in [0.2, 0.25) is 0 Å². The second kappa shape index (κ2) is 7.43. The van der Waals surface area contributed by atoms with Gasteiger partial charge < -0.3 is 9.64 Å². The van der Waals surface area contributed by atoms with E-state index in [2.05, 4.69) is 34.1 Å². The van der Waals surface area contributed by atoms with Crippen molar-refractivity contribution in [1.29, 1.82) is 0 Å². The van der Waals surface area contributed by atoms with E-state index in [0.717, 1.165) is 51.3 Å². The number of nitrogens with zero attached hydrogens (tertiary/aromatic N) is 3. The first kappa shape index (κ1) is 18.6. The minimum absolute atomic E-state index is 0.0479. The second-order valence-corrected chi connectivity index (χ2v) is 8.47. The van der Waals surface area contributed by atoms with Crippen LogP contribution in [-0.4, -0.2) is 42.0 Å². The Hall–Kier alpha value is -2.44. The number of anilines is 1. The number of hydrogen-bond acceptors (Lipinski definition) is 5. The van der Waals surface area contributed by atoms with Crippen LogP contribution >= 0.6 is 0 Å². The number of non-ortho nitro benzene ring substituents is 1. The Bertz CT molecular complexity index is 882. The number of piperazine rings is 1. The van der Waals surface area contributed by atoms with Crippen LogP contribution in [0, 0.1) is 10.1 Å². The predicted molar refractivity (Wildman–Crippen MR) is 112 cm³/mol. The molecule has 0 unspecified atom stereocenters. The SMILES string of the molecule is O=[N+]([O-])c1ccc(N2CCN(C3CCC4(CC3)OCc3ccccc34)CC2)cc1. The van der Waals surface area contributed by atoms with Gasteiger partial charge in [0, 0.05) is 50.0 Å². The Morgan fingerprint density at radius 3 is 2.34 bits per heavy atom. The van der Waals surface area contributed by atoms with E-state index in [9.17, 15) is 10.1 Å². The van der Waals surface area contributed by atoms with Gasteiger partial charge in [-0.25, -0.2) is 0 Å². The first-order valence-electron chi connectivity index (χ1n) is 10.6. The standard InChI is InChI=1S/C23H27N3O3/c27-26(28)21-7-5-19(6-8-21)24-13-15-25(16-14-24)20-9-11-23(12-10-20)22-4-2-1-3-18(22)17-29-23/h1-8,20H,9-17H2. The summed E-state index contributed by atoms with van der Waals surface area (Å²) in [7, 11) is 0. The van der Waals surface area contributed by atoms with E-state index in [1.165, 1.54) is 24.0 Å². The number of nitro groups is 1. The Kier molecular flexibility index (Phi) is 4.76. The lowest BCUT2D eigenvalue weighted by atomic mass is 9.77. The smallest absolute Gasteiger partial charge is 0.269 e. The van der Waals surface area contributed by atoms with Gasteiger partial charge in [-0.1, -0.05) is 24.3 Å². The third-order valence-electron chi connectivity index (χ3n) is 7.03. The molecule has 0 bridgehead atoms. The molecule has 2 aromatic rings. The zero-order chi connectivity index (χ0) is 19.8. The second-order valence-electron chi connectivity index (χ2n) is 8.47. The van der Waals surface area contributed by atoms with Gasteiger partial charge in [-0.3, -0.25) is 15.0 Å². The van der Waals surface area contributed by atoms with Crippen LogP contribution < -0.4 is 4.90 Å². The zero-order valence-electron chi connectivity index (χ0n) is 16.6. The number of ether oxygens (including phenoxy) is 1. The lowest BCUT2D eigenvalue weighted by Gasteiger charge is -2.45. The quantitative estimate of drug-likeness (QED) is 0.581. The van der Waals surface area contributed by atoms with Crippen LogP contribution in [-0.2, 0) is 16.9 Å². The highest BCUT2D eigenvalue weighted by Gasteiger charge is 2.43. The van der Waals surface area contributed by atoms with Gasteiger partial charge in [0.05, 0.1) is 17.1 Å². The van der Waals surface area contributed by atoms with Crippen LogP contribution in [0.3, 0.4) is 0 Å². The topological polar surface area (TPSA) is 58.9 Å². The van der Waals surface area contributed by atoms with Crippen LogP contribution in [0.15, 0.2) is 48.5 Å². The van der Waals surface area contributed by atoms with E-state index >= 15 is 0 Å². The van der Waals surface area contributed by atoms with E-state index in [0.29, 0.717) is 6.04 Å². The summed E-state index contributed by atoms with van der Waals surface area (Å²) in [6, 6.07) is 16.3. The van der Waals surface area contributed by atoms with Gasteiger partial charge in [-0.05, 0) is 48.9 Å². The molecule has 0 radical (unpaired) electrons. The van der Waals surface area contributed by atoms with E-state index in [-0.39, 0.29) is 16.2 Å². The lowest BCUT2D eigenvalue weighted by Crippen LogP contribution is -2.52. The monoisotopic (exact) mass is 393 g/mol. The third kappa shape index (κ3) is 3.40. The first-order valence-corrected chi connectivity index (χ1v) is 10.6. The maximum atomic E-state index is 10.8. The van der Waals surface area contributed by atoms with Gasteiger partial charge in [0.15, 0.2) is 0 Å². The fourth-order valence-corrected chi connectivity index (χ4v) is 5.36. The predicted octanol–water partition coefficient (Wildman–Crippen LogP) is 4.09. The Morgan fingerprint density at radius 2 is 1.66 bits per heavy atom. The molecule has 2 aromatic carbocycles. The van der Waals surface area contributed by atoms with Gasteiger partial charge in [0.25, 0.3) is 5.69 Å². The molecular weight excluding hydrogens is 366 g/mol. The van der Waals surface area contributed by atoms with E-state index in [4.69, 9.17) is 4.74 Å². The van der Waals surface area contributed by atoms with Crippen LogP contribution in [0.4, 0.5) is 11.4 Å². The largest absolute Gasteiger partial charge is 0.369 e. The Labute approximate surface area is 171 Å². The molecule has 0 atom stereocenters. The molecule has 2 aliphatic heterocycles. The first-order chi connectivity index (χ1) is 14.1. The van der Waals surface area contributed by atoms with Crippen molar-refractivity contribution in [1.82, 2.24) is 4.90 Å². The summed E-state index contributed by atoms with van der Waals surface area (Å²) in [4.78, 5) is 15.5. The molecule has 6 nitrogen and oxygen atoms in total. The number of nitro benzene ring substituents is 1. The zero-order valence-corrected chi connectivity index (χ0v) is 16.6. The molecule has 0 aromatic heterocycles. The molecule has 1 saturated carbocycles. The van der Waals surface area contributed by atoms with Crippen LogP contribution in [0.5, 0.6) is 0 Å². The van der Waals surface area contributed by atoms with E-state index in [1.54, 1.807) is 12.1 Å². The minimum atomic E-state index is -0.343. The molecule has 1 spiro atoms. The molecule has 6 heteroatoms.